The highest BCUT2D eigenvalue weighted by Gasteiger charge is 2.14. The Morgan fingerprint density at radius 3 is 2.55 bits per heavy atom. The van der Waals surface area contributed by atoms with Crippen LogP contribution in [0.5, 0.6) is 0 Å². The van der Waals surface area contributed by atoms with Gasteiger partial charge in [-0.15, -0.1) is 24.0 Å². The number of halogens is 1. The Hall–Kier alpha value is -1.65. The molecule has 1 aromatic carbocycles. The molecule has 0 bridgehead atoms. The monoisotopic (exact) mass is 543 g/mol. The fraction of sp³-hybridized carbons (Fsp3) is 0.565. The first-order chi connectivity index (χ1) is 14.4. The first-order valence-corrected chi connectivity index (χ1v) is 10.6. The summed E-state index contributed by atoms with van der Waals surface area (Å²) in [6.45, 7) is 11.6. The van der Waals surface area contributed by atoms with Crippen molar-refractivity contribution in [3.05, 3.63) is 52.3 Å². The molecule has 0 aliphatic heterocycles. The van der Waals surface area contributed by atoms with Crippen molar-refractivity contribution in [2.75, 3.05) is 26.9 Å². The van der Waals surface area contributed by atoms with E-state index in [4.69, 9.17) is 9.47 Å². The minimum absolute atomic E-state index is 0. The van der Waals surface area contributed by atoms with Crippen molar-refractivity contribution < 1.29 is 9.47 Å². The Balaban J connectivity index is 0.00000480. The van der Waals surface area contributed by atoms with Gasteiger partial charge in [-0.05, 0) is 50.8 Å². The van der Waals surface area contributed by atoms with Crippen LogP contribution in [0.25, 0.3) is 0 Å². The van der Waals surface area contributed by atoms with Gasteiger partial charge in [0.15, 0.2) is 5.96 Å². The smallest absolute Gasteiger partial charge is 0.191 e. The van der Waals surface area contributed by atoms with Gasteiger partial charge in [-0.1, -0.05) is 24.3 Å². The highest BCUT2D eigenvalue weighted by molar-refractivity contribution is 14.0. The van der Waals surface area contributed by atoms with E-state index in [0.29, 0.717) is 26.4 Å². The number of aryl methyl sites for hydroxylation is 2. The number of nitrogens with zero attached hydrogens (tertiary/aromatic N) is 3. The van der Waals surface area contributed by atoms with E-state index in [1.165, 1.54) is 16.8 Å². The van der Waals surface area contributed by atoms with Gasteiger partial charge < -0.3 is 20.1 Å². The molecule has 0 spiro atoms. The van der Waals surface area contributed by atoms with Crippen LogP contribution in [0.1, 0.15) is 41.9 Å². The first-order valence-electron chi connectivity index (χ1n) is 10.6. The molecule has 8 heteroatoms. The van der Waals surface area contributed by atoms with Crippen LogP contribution >= 0.6 is 24.0 Å². The second-order valence-corrected chi connectivity index (χ2v) is 7.52. The van der Waals surface area contributed by atoms with Gasteiger partial charge in [0, 0.05) is 39.0 Å². The van der Waals surface area contributed by atoms with Gasteiger partial charge in [0.1, 0.15) is 0 Å². The van der Waals surface area contributed by atoms with Gasteiger partial charge in [0.2, 0.25) is 0 Å². The molecular weight excluding hydrogens is 505 g/mol. The molecule has 0 radical (unpaired) electrons. The van der Waals surface area contributed by atoms with Crippen LogP contribution in [-0.4, -0.2) is 48.7 Å². The van der Waals surface area contributed by atoms with Crippen LogP contribution in [0.3, 0.4) is 0 Å². The van der Waals surface area contributed by atoms with Gasteiger partial charge in [-0.3, -0.25) is 9.67 Å². The van der Waals surface area contributed by atoms with Crippen LogP contribution < -0.4 is 10.6 Å². The summed E-state index contributed by atoms with van der Waals surface area (Å²) in [5.41, 5.74) is 5.95. The van der Waals surface area contributed by atoms with Gasteiger partial charge in [0.05, 0.1) is 25.5 Å². The summed E-state index contributed by atoms with van der Waals surface area (Å²) in [5, 5.41) is 11.4. The summed E-state index contributed by atoms with van der Waals surface area (Å²) in [4.78, 5) is 4.37. The number of rotatable bonds is 11. The summed E-state index contributed by atoms with van der Waals surface area (Å²) in [6, 6.07) is 8.65. The first kappa shape index (κ1) is 27.4. The van der Waals surface area contributed by atoms with Crippen LogP contribution in [0.15, 0.2) is 29.3 Å². The lowest BCUT2D eigenvalue weighted by atomic mass is 10.1. The molecule has 1 atom stereocenters. The van der Waals surface area contributed by atoms with E-state index in [-0.39, 0.29) is 30.0 Å². The van der Waals surface area contributed by atoms with Crippen molar-refractivity contribution in [2.24, 2.45) is 12.0 Å². The molecule has 2 aromatic rings. The van der Waals surface area contributed by atoms with Crippen molar-refractivity contribution in [1.82, 2.24) is 20.4 Å². The van der Waals surface area contributed by atoms with Gasteiger partial charge >= 0.3 is 0 Å². The molecular formula is C23H38IN5O2. The molecule has 2 N–H and O–H groups in total. The lowest BCUT2D eigenvalue weighted by molar-refractivity contribution is 0.0453. The van der Waals surface area contributed by atoms with E-state index in [9.17, 15) is 0 Å². The molecule has 1 unspecified atom stereocenters. The molecule has 7 nitrogen and oxygen atoms in total. The number of guanidine groups is 1. The summed E-state index contributed by atoms with van der Waals surface area (Å²) < 4.78 is 12.9. The summed E-state index contributed by atoms with van der Waals surface area (Å²) >= 11 is 0. The highest BCUT2D eigenvalue weighted by atomic mass is 127. The van der Waals surface area contributed by atoms with Crippen molar-refractivity contribution in [2.45, 2.75) is 53.3 Å². The largest absolute Gasteiger partial charge is 0.379 e. The molecule has 1 aromatic heterocycles. The lowest BCUT2D eigenvalue weighted by Crippen LogP contribution is -2.42. The second kappa shape index (κ2) is 14.4. The average molecular weight is 543 g/mol. The number of benzene rings is 1. The maximum absolute atomic E-state index is 5.67. The predicted molar refractivity (Wildman–Crippen MR) is 137 cm³/mol. The van der Waals surface area contributed by atoms with E-state index in [1.807, 2.05) is 18.7 Å². The molecule has 0 amide bonds. The Bertz CT molecular complexity index is 822. The lowest BCUT2D eigenvalue weighted by Gasteiger charge is -2.18. The number of ether oxygens (including phenoxy) is 2. The van der Waals surface area contributed by atoms with E-state index >= 15 is 0 Å². The molecule has 0 aliphatic rings. The average Bonchev–Trinajstić information content (AvgIpc) is 2.97. The molecule has 0 saturated heterocycles. The van der Waals surface area contributed by atoms with Crippen molar-refractivity contribution in [3.63, 3.8) is 0 Å². The summed E-state index contributed by atoms with van der Waals surface area (Å²) in [5.74, 6) is 0.792. The predicted octanol–water partition coefficient (Wildman–Crippen LogP) is 3.50. The normalized spacial score (nSPS) is 12.4. The van der Waals surface area contributed by atoms with Crippen LogP contribution in [0, 0.1) is 13.8 Å². The number of hydrogen-bond donors (Lipinski definition) is 2. The van der Waals surface area contributed by atoms with Gasteiger partial charge in [-0.25, -0.2) is 0 Å². The van der Waals surface area contributed by atoms with Crippen LogP contribution in [0.2, 0.25) is 0 Å². The van der Waals surface area contributed by atoms with Crippen molar-refractivity contribution >= 4 is 29.9 Å². The van der Waals surface area contributed by atoms with E-state index in [0.717, 1.165) is 30.2 Å². The fourth-order valence-electron chi connectivity index (χ4n) is 3.37. The molecule has 174 valence electrons. The SMILES string of the molecule is CCOCCOCc1cccc(CNC(=NC)NC(C)Cc2c(C)nn(C)c2C)c1.I. The van der Waals surface area contributed by atoms with Crippen LogP contribution in [-0.2, 0) is 36.1 Å². The highest BCUT2D eigenvalue weighted by Crippen LogP contribution is 2.14. The minimum Gasteiger partial charge on any atom is -0.379 e. The van der Waals surface area contributed by atoms with Crippen molar-refractivity contribution in [1.29, 1.82) is 0 Å². The minimum atomic E-state index is 0. The van der Waals surface area contributed by atoms with E-state index in [1.54, 1.807) is 7.05 Å². The Kier molecular flexibility index (Phi) is 12.7. The maximum atomic E-state index is 5.67. The van der Waals surface area contributed by atoms with Gasteiger partial charge in [-0.2, -0.15) is 5.10 Å². The number of nitrogens with one attached hydrogen (secondary N) is 2. The zero-order valence-corrected chi connectivity index (χ0v) is 22.0. The zero-order chi connectivity index (χ0) is 21.9. The zero-order valence-electron chi connectivity index (χ0n) is 19.7. The Labute approximate surface area is 204 Å². The third kappa shape index (κ3) is 9.16. The molecule has 0 aliphatic carbocycles. The van der Waals surface area contributed by atoms with E-state index in [2.05, 4.69) is 65.8 Å². The third-order valence-electron chi connectivity index (χ3n) is 5.07. The molecule has 1 heterocycles. The Morgan fingerprint density at radius 1 is 1.19 bits per heavy atom. The maximum Gasteiger partial charge on any atom is 0.191 e. The molecule has 31 heavy (non-hydrogen) atoms. The number of aliphatic imine (C=N–C) groups is 1. The number of aromatic nitrogens is 2. The topological polar surface area (TPSA) is 72.7 Å². The summed E-state index contributed by atoms with van der Waals surface area (Å²) in [6.07, 6.45) is 0.904. The number of hydrogen-bond acceptors (Lipinski definition) is 4. The molecule has 0 fully saturated rings. The molecule has 2 rings (SSSR count). The quantitative estimate of drug-likeness (QED) is 0.197. The fourth-order valence-corrected chi connectivity index (χ4v) is 3.37. The van der Waals surface area contributed by atoms with Gasteiger partial charge in [0.25, 0.3) is 0 Å². The molecule has 0 saturated carbocycles. The summed E-state index contributed by atoms with van der Waals surface area (Å²) in [7, 11) is 3.79. The van der Waals surface area contributed by atoms with E-state index < -0.39 is 0 Å². The second-order valence-electron chi connectivity index (χ2n) is 7.52. The standard InChI is InChI=1S/C23H37N5O2.HI/c1-7-29-11-12-30-16-21-10-8-9-20(14-21)15-25-23(24-5)26-17(2)13-22-18(3)27-28(6)19(22)4;/h8-10,14,17H,7,11-13,15-16H2,1-6H3,(H2,24,25,26);1H. The third-order valence-corrected chi connectivity index (χ3v) is 5.07. The Morgan fingerprint density at radius 2 is 1.90 bits per heavy atom. The van der Waals surface area contributed by atoms with Crippen molar-refractivity contribution in [3.8, 4) is 0 Å². The van der Waals surface area contributed by atoms with Crippen LogP contribution in [0.4, 0.5) is 0 Å².